The van der Waals surface area contributed by atoms with Gasteiger partial charge in [-0.2, -0.15) is 0 Å². The molecule has 0 spiro atoms. The van der Waals surface area contributed by atoms with Gasteiger partial charge in [-0.15, -0.1) is 6.58 Å². The summed E-state index contributed by atoms with van der Waals surface area (Å²) < 4.78 is 0. The highest BCUT2D eigenvalue weighted by atomic mass is 35.5. The van der Waals surface area contributed by atoms with E-state index in [9.17, 15) is 9.59 Å². The molecule has 4 nitrogen and oxygen atoms in total. The van der Waals surface area contributed by atoms with Crippen LogP contribution in [0.2, 0.25) is 5.02 Å². The lowest BCUT2D eigenvalue weighted by Gasteiger charge is -2.40. The molecule has 1 aromatic rings. The molecule has 6 heteroatoms. The number of benzene rings is 1. The number of halogens is 1. The van der Waals surface area contributed by atoms with Crippen molar-refractivity contribution in [1.29, 1.82) is 0 Å². The Morgan fingerprint density at radius 1 is 1.31 bits per heavy atom. The van der Waals surface area contributed by atoms with Crippen LogP contribution < -0.4 is 4.90 Å². The van der Waals surface area contributed by atoms with Gasteiger partial charge >= 0.3 is 0 Å². The van der Waals surface area contributed by atoms with E-state index in [4.69, 9.17) is 11.6 Å². The lowest BCUT2D eigenvalue weighted by molar-refractivity contribution is -0.122. The summed E-state index contributed by atoms with van der Waals surface area (Å²) in [4.78, 5) is 28.1. The number of carbonyl (C=O) groups is 2. The number of nitrogens with zero attached hydrogens (tertiary/aromatic N) is 2. The average Bonchev–Trinajstić information content (AvgIpc) is 2.82. The Morgan fingerprint density at radius 2 is 2.00 bits per heavy atom. The Morgan fingerprint density at radius 3 is 2.65 bits per heavy atom. The van der Waals surface area contributed by atoms with Gasteiger partial charge in [-0.05, 0) is 61.9 Å². The van der Waals surface area contributed by atoms with E-state index in [1.807, 2.05) is 19.2 Å². The first-order chi connectivity index (χ1) is 12.2. The number of hydrogen-bond donors (Lipinski definition) is 0. The molecule has 0 N–H and O–H groups in total. The number of anilines is 1. The van der Waals surface area contributed by atoms with Gasteiger partial charge in [-0.1, -0.05) is 23.8 Å². The van der Waals surface area contributed by atoms with Crippen LogP contribution in [0.4, 0.5) is 10.5 Å². The summed E-state index contributed by atoms with van der Waals surface area (Å²) >= 11 is 7.43. The quantitative estimate of drug-likeness (QED) is 0.527. The molecule has 0 radical (unpaired) electrons. The van der Waals surface area contributed by atoms with Crippen LogP contribution in [-0.4, -0.2) is 35.2 Å². The third-order valence-electron chi connectivity index (χ3n) is 4.81. The lowest BCUT2D eigenvalue weighted by atomic mass is 9.88. The van der Waals surface area contributed by atoms with Crippen molar-refractivity contribution in [2.24, 2.45) is 0 Å². The molecule has 2 amide bonds. The maximum atomic E-state index is 12.4. The van der Waals surface area contributed by atoms with Gasteiger partial charge in [-0.25, -0.2) is 0 Å². The van der Waals surface area contributed by atoms with E-state index in [-0.39, 0.29) is 23.2 Å². The maximum absolute atomic E-state index is 12.4. The lowest BCUT2D eigenvalue weighted by Crippen LogP contribution is -2.42. The zero-order chi connectivity index (χ0) is 19.2. The number of carbonyl (C=O) groups excluding carboxylic acids is 2. The monoisotopic (exact) mass is 388 g/mol. The summed E-state index contributed by atoms with van der Waals surface area (Å²) in [5.74, 6) is -0.306. The van der Waals surface area contributed by atoms with Crippen molar-refractivity contribution in [2.45, 2.75) is 26.3 Å². The Balaban J connectivity index is 2.04. The molecule has 0 aromatic heterocycles. The van der Waals surface area contributed by atoms with Gasteiger partial charge in [0.25, 0.3) is 11.1 Å². The Labute approximate surface area is 163 Å². The number of thioether (sulfide) groups is 1. The number of imide groups is 1. The molecule has 0 bridgehead atoms. The summed E-state index contributed by atoms with van der Waals surface area (Å²) in [6.07, 6.45) is 5.45. The molecular formula is C20H21ClN2O2S. The number of allylic oxidation sites excluding steroid dienone is 1. The van der Waals surface area contributed by atoms with Crippen LogP contribution in [0.5, 0.6) is 0 Å². The second-order valence-corrected chi connectivity index (χ2v) is 8.41. The van der Waals surface area contributed by atoms with E-state index in [0.717, 1.165) is 34.1 Å². The van der Waals surface area contributed by atoms with Crippen molar-refractivity contribution in [1.82, 2.24) is 4.90 Å². The first-order valence-electron chi connectivity index (χ1n) is 8.29. The molecule has 0 aliphatic carbocycles. The van der Waals surface area contributed by atoms with Crippen LogP contribution in [0, 0.1) is 0 Å². The van der Waals surface area contributed by atoms with Crippen molar-refractivity contribution in [3.8, 4) is 0 Å². The van der Waals surface area contributed by atoms with Crippen LogP contribution >= 0.6 is 23.4 Å². The molecule has 0 unspecified atom stereocenters. The molecule has 2 aliphatic rings. The van der Waals surface area contributed by atoms with E-state index >= 15 is 0 Å². The van der Waals surface area contributed by atoms with Crippen molar-refractivity contribution in [3.63, 3.8) is 0 Å². The first kappa shape index (κ1) is 18.8. The highest BCUT2D eigenvalue weighted by molar-refractivity contribution is 8.18. The minimum atomic E-state index is -0.306. The summed E-state index contributed by atoms with van der Waals surface area (Å²) in [5, 5.41) is 0.268. The van der Waals surface area contributed by atoms with E-state index in [0.29, 0.717) is 9.93 Å². The van der Waals surface area contributed by atoms with Crippen molar-refractivity contribution >= 4 is 51.8 Å². The van der Waals surface area contributed by atoms with Crippen LogP contribution in [-0.2, 0) is 4.79 Å². The van der Waals surface area contributed by atoms with E-state index in [1.165, 1.54) is 11.0 Å². The predicted molar refractivity (Wildman–Crippen MR) is 110 cm³/mol. The zero-order valence-electron chi connectivity index (χ0n) is 15.3. The maximum Gasteiger partial charge on any atom is 0.293 e. The molecule has 1 aromatic carbocycles. The molecule has 1 fully saturated rings. The molecule has 2 heterocycles. The molecule has 3 rings (SSSR count). The van der Waals surface area contributed by atoms with Crippen molar-refractivity contribution < 1.29 is 9.59 Å². The number of likely N-dealkylation sites (N-methyl/N-ethyl adjacent to an activating group) is 1. The van der Waals surface area contributed by atoms with Crippen LogP contribution in [0.25, 0.3) is 11.6 Å². The molecule has 2 aliphatic heterocycles. The zero-order valence-corrected chi connectivity index (χ0v) is 16.9. The van der Waals surface area contributed by atoms with E-state index in [1.54, 1.807) is 6.08 Å². The number of hydrogen-bond acceptors (Lipinski definition) is 4. The normalized spacial score (nSPS) is 20.5. The van der Waals surface area contributed by atoms with Gasteiger partial charge in [0.05, 0.1) is 10.4 Å². The smallest absolute Gasteiger partial charge is 0.293 e. The molecule has 0 saturated carbocycles. The number of amides is 2. The standard InChI is InChI=1S/C20H21ClN2O2S/c1-6-7-23-18(24)17(26-19(23)25)9-13-8-14-12(2)11-20(3,4)22(5)16(14)10-15(13)21/h6,8-11H,1,7H2,2-5H3/b17-9+. The molecule has 136 valence electrons. The fourth-order valence-electron chi connectivity index (χ4n) is 3.23. The van der Waals surface area contributed by atoms with Crippen LogP contribution in [0.15, 0.2) is 35.8 Å². The molecule has 0 atom stereocenters. The molecular weight excluding hydrogens is 368 g/mol. The highest BCUT2D eigenvalue weighted by Crippen LogP contribution is 2.42. The van der Waals surface area contributed by atoms with Gasteiger partial charge in [0.15, 0.2) is 0 Å². The van der Waals surface area contributed by atoms with Gasteiger partial charge in [0, 0.05) is 29.9 Å². The molecule has 1 saturated heterocycles. The Bertz CT molecular complexity index is 886. The number of rotatable bonds is 3. The second kappa shape index (κ2) is 6.63. The number of fused-ring (bicyclic) bond motifs is 1. The van der Waals surface area contributed by atoms with Crippen LogP contribution in [0.1, 0.15) is 31.9 Å². The summed E-state index contributed by atoms with van der Waals surface area (Å²) in [6.45, 7) is 10.2. The fourth-order valence-corrected chi connectivity index (χ4v) is 4.28. The van der Waals surface area contributed by atoms with Crippen LogP contribution in [0.3, 0.4) is 0 Å². The first-order valence-corrected chi connectivity index (χ1v) is 9.48. The predicted octanol–water partition coefficient (Wildman–Crippen LogP) is 5.19. The van der Waals surface area contributed by atoms with Gasteiger partial charge in [-0.3, -0.25) is 14.5 Å². The molecule has 26 heavy (non-hydrogen) atoms. The minimum Gasteiger partial charge on any atom is -0.365 e. The van der Waals surface area contributed by atoms with Crippen molar-refractivity contribution in [3.05, 3.63) is 51.9 Å². The van der Waals surface area contributed by atoms with Gasteiger partial charge < -0.3 is 4.90 Å². The fraction of sp³-hybridized carbons (Fsp3) is 0.300. The average molecular weight is 389 g/mol. The summed E-state index contributed by atoms with van der Waals surface area (Å²) in [6, 6.07) is 3.91. The third-order valence-corrected chi connectivity index (χ3v) is 6.04. The minimum absolute atomic E-state index is 0.102. The van der Waals surface area contributed by atoms with Gasteiger partial charge in [0.2, 0.25) is 0 Å². The topological polar surface area (TPSA) is 40.6 Å². The summed E-state index contributed by atoms with van der Waals surface area (Å²) in [7, 11) is 2.04. The Hall–Kier alpha value is -1.98. The second-order valence-electron chi connectivity index (χ2n) is 7.01. The largest absolute Gasteiger partial charge is 0.365 e. The van der Waals surface area contributed by atoms with E-state index < -0.39 is 0 Å². The Kier molecular flexibility index (Phi) is 4.80. The van der Waals surface area contributed by atoms with Gasteiger partial charge in [0.1, 0.15) is 0 Å². The highest BCUT2D eigenvalue weighted by Gasteiger charge is 2.34. The van der Waals surface area contributed by atoms with E-state index in [2.05, 4.69) is 38.3 Å². The third kappa shape index (κ3) is 3.10. The summed E-state index contributed by atoms with van der Waals surface area (Å²) in [5.41, 5.74) is 3.92. The SMILES string of the molecule is C=CCN1C(=O)S/C(=C/c2cc3c(cc2Cl)N(C)C(C)(C)C=C3C)C1=O. The van der Waals surface area contributed by atoms with Crippen molar-refractivity contribution in [2.75, 3.05) is 18.5 Å².